The minimum atomic E-state index is -0.334. The van der Waals surface area contributed by atoms with Crippen LogP contribution in [0.1, 0.15) is 30.9 Å². The third kappa shape index (κ3) is 5.67. The van der Waals surface area contributed by atoms with Gasteiger partial charge in [-0.3, -0.25) is 14.5 Å². The first-order chi connectivity index (χ1) is 13.7. The molecule has 1 aliphatic rings. The molecule has 2 aromatic carbocycles. The van der Waals surface area contributed by atoms with E-state index < -0.39 is 0 Å². The first-order valence-corrected chi connectivity index (χ1v) is 9.91. The molecule has 0 saturated carbocycles. The van der Waals surface area contributed by atoms with Gasteiger partial charge >= 0.3 is 5.97 Å². The highest BCUT2D eigenvalue weighted by molar-refractivity contribution is 5.83. The molecule has 1 amide bonds. The normalized spacial score (nSPS) is 17.0. The standard InChI is InChI=1S/C23H28N2O3/c1-2-28-23(27)18-24-14-13-21(15-22(24)26)25(16-19-9-5-3-6-10-19)17-20-11-7-4-8-12-20/h3-12,21H,2,13-18H2,1H3/t21-/m1/s1. The molecule has 0 N–H and O–H groups in total. The Kier molecular flexibility index (Phi) is 7.20. The summed E-state index contributed by atoms with van der Waals surface area (Å²) in [6, 6.07) is 20.9. The average molecular weight is 380 g/mol. The molecule has 28 heavy (non-hydrogen) atoms. The molecule has 0 unspecified atom stereocenters. The molecule has 1 fully saturated rings. The zero-order valence-electron chi connectivity index (χ0n) is 16.4. The number of ether oxygens (including phenoxy) is 1. The largest absolute Gasteiger partial charge is 0.465 e. The van der Waals surface area contributed by atoms with Gasteiger partial charge in [0.15, 0.2) is 0 Å². The van der Waals surface area contributed by atoms with Crippen LogP contribution in [0.2, 0.25) is 0 Å². The predicted molar refractivity (Wildman–Crippen MR) is 108 cm³/mol. The van der Waals surface area contributed by atoms with E-state index in [2.05, 4.69) is 29.2 Å². The fraction of sp³-hybridized carbons (Fsp3) is 0.391. The molecule has 1 heterocycles. The summed E-state index contributed by atoms with van der Waals surface area (Å²) in [4.78, 5) is 28.4. The fourth-order valence-corrected chi connectivity index (χ4v) is 3.65. The van der Waals surface area contributed by atoms with Gasteiger partial charge in [-0.25, -0.2) is 0 Å². The quantitative estimate of drug-likeness (QED) is 0.660. The van der Waals surface area contributed by atoms with Gasteiger partial charge in [0.1, 0.15) is 6.54 Å². The highest BCUT2D eigenvalue weighted by atomic mass is 16.5. The molecule has 0 bridgehead atoms. The lowest BCUT2D eigenvalue weighted by atomic mass is 10.0. The van der Waals surface area contributed by atoms with Crippen molar-refractivity contribution in [3.63, 3.8) is 0 Å². The van der Waals surface area contributed by atoms with Gasteiger partial charge in [-0.2, -0.15) is 0 Å². The molecule has 1 atom stereocenters. The number of carbonyl (C=O) groups excluding carboxylic acids is 2. The van der Waals surface area contributed by atoms with Crippen LogP contribution in [0.5, 0.6) is 0 Å². The summed E-state index contributed by atoms with van der Waals surface area (Å²) in [5.41, 5.74) is 2.47. The van der Waals surface area contributed by atoms with E-state index >= 15 is 0 Å². The number of carbonyl (C=O) groups is 2. The Bertz CT molecular complexity index is 722. The lowest BCUT2D eigenvalue weighted by Gasteiger charge is -2.38. The maximum atomic E-state index is 12.6. The van der Waals surface area contributed by atoms with Crippen molar-refractivity contribution in [2.75, 3.05) is 19.7 Å². The van der Waals surface area contributed by atoms with E-state index in [1.165, 1.54) is 11.1 Å². The second-order valence-electron chi connectivity index (χ2n) is 7.14. The Hall–Kier alpha value is -2.66. The molecular formula is C23H28N2O3. The number of hydrogen-bond acceptors (Lipinski definition) is 4. The molecule has 0 aromatic heterocycles. The lowest BCUT2D eigenvalue weighted by Crippen LogP contribution is -2.48. The Morgan fingerprint density at radius 2 is 1.61 bits per heavy atom. The van der Waals surface area contributed by atoms with Gasteiger partial charge in [0, 0.05) is 32.1 Å². The van der Waals surface area contributed by atoms with E-state index in [1.54, 1.807) is 11.8 Å². The van der Waals surface area contributed by atoms with Crippen LogP contribution in [0.15, 0.2) is 60.7 Å². The Morgan fingerprint density at radius 3 is 2.11 bits per heavy atom. The van der Waals surface area contributed by atoms with Gasteiger partial charge in [0.2, 0.25) is 5.91 Å². The van der Waals surface area contributed by atoms with E-state index in [0.717, 1.165) is 19.5 Å². The lowest BCUT2D eigenvalue weighted by molar-refractivity contribution is -0.150. The Balaban J connectivity index is 1.68. The minimum absolute atomic E-state index is 0.0235. The van der Waals surface area contributed by atoms with Crippen LogP contribution in [0.4, 0.5) is 0 Å². The zero-order chi connectivity index (χ0) is 19.8. The van der Waals surface area contributed by atoms with Crippen molar-refractivity contribution in [3.8, 4) is 0 Å². The Morgan fingerprint density at radius 1 is 1.04 bits per heavy atom. The highest BCUT2D eigenvalue weighted by Crippen LogP contribution is 2.22. The smallest absolute Gasteiger partial charge is 0.325 e. The van der Waals surface area contributed by atoms with E-state index in [0.29, 0.717) is 19.6 Å². The SMILES string of the molecule is CCOC(=O)CN1CC[C@@H](N(Cc2ccccc2)Cc2ccccc2)CC1=O. The minimum Gasteiger partial charge on any atom is -0.465 e. The van der Waals surface area contributed by atoms with Gasteiger partial charge in [0.05, 0.1) is 6.61 Å². The number of rotatable bonds is 8. The summed E-state index contributed by atoms with van der Waals surface area (Å²) < 4.78 is 4.98. The van der Waals surface area contributed by atoms with Crippen molar-refractivity contribution < 1.29 is 14.3 Å². The van der Waals surface area contributed by atoms with Crippen molar-refractivity contribution >= 4 is 11.9 Å². The number of piperidine rings is 1. The molecule has 1 saturated heterocycles. The van der Waals surface area contributed by atoms with E-state index in [-0.39, 0.29) is 24.5 Å². The molecule has 3 rings (SSSR count). The number of nitrogens with zero attached hydrogens (tertiary/aromatic N) is 2. The van der Waals surface area contributed by atoms with Crippen LogP contribution >= 0.6 is 0 Å². The van der Waals surface area contributed by atoms with Crippen LogP contribution in [0, 0.1) is 0 Å². The molecule has 5 nitrogen and oxygen atoms in total. The first-order valence-electron chi connectivity index (χ1n) is 9.91. The van der Waals surface area contributed by atoms with Crippen LogP contribution in [0.25, 0.3) is 0 Å². The topological polar surface area (TPSA) is 49.9 Å². The van der Waals surface area contributed by atoms with Crippen LogP contribution in [0.3, 0.4) is 0 Å². The van der Waals surface area contributed by atoms with E-state index in [9.17, 15) is 9.59 Å². The number of likely N-dealkylation sites (tertiary alicyclic amines) is 1. The highest BCUT2D eigenvalue weighted by Gasteiger charge is 2.31. The van der Waals surface area contributed by atoms with Gasteiger partial charge in [0.25, 0.3) is 0 Å². The molecule has 148 valence electrons. The molecule has 5 heteroatoms. The summed E-state index contributed by atoms with van der Waals surface area (Å²) >= 11 is 0. The van der Waals surface area contributed by atoms with Crippen molar-refractivity contribution in [2.24, 2.45) is 0 Å². The molecule has 0 radical (unpaired) electrons. The second-order valence-corrected chi connectivity index (χ2v) is 7.14. The Labute approximate surface area is 166 Å². The monoisotopic (exact) mass is 380 g/mol. The molecule has 1 aliphatic heterocycles. The van der Waals surface area contributed by atoms with Crippen LogP contribution in [-0.2, 0) is 27.4 Å². The summed E-state index contributed by atoms with van der Waals surface area (Å²) in [6.45, 7) is 4.35. The average Bonchev–Trinajstić information content (AvgIpc) is 2.71. The zero-order valence-corrected chi connectivity index (χ0v) is 16.4. The van der Waals surface area contributed by atoms with Gasteiger partial charge < -0.3 is 9.64 Å². The predicted octanol–water partition coefficient (Wildman–Crippen LogP) is 3.24. The van der Waals surface area contributed by atoms with Gasteiger partial charge in [-0.15, -0.1) is 0 Å². The van der Waals surface area contributed by atoms with Crippen LogP contribution < -0.4 is 0 Å². The van der Waals surface area contributed by atoms with E-state index in [4.69, 9.17) is 4.74 Å². The molecular weight excluding hydrogens is 352 g/mol. The van der Waals surface area contributed by atoms with Crippen LogP contribution in [-0.4, -0.2) is 47.4 Å². The number of esters is 1. The number of amides is 1. The number of benzene rings is 2. The summed E-state index contributed by atoms with van der Waals surface area (Å²) in [7, 11) is 0. The third-order valence-electron chi connectivity index (χ3n) is 5.09. The van der Waals surface area contributed by atoms with E-state index in [1.807, 2.05) is 36.4 Å². The van der Waals surface area contributed by atoms with Crippen molar-refractivity contribution in [2.45, 2.75) is 38.9 Å². The summed E-state index contributed by atoms with van der Waals surface area (Å²) in [5.74, 6) is -0.310. The van der Waals surface area contributed by atoms with Gasteiger partial charge in [-0.05, 0) is 24.5 Å². The van der Waals surface area contributed by atoms with Crippen molar-refractivity contribution in [3.05, 3.63) is 71.8 Å². The summed E-state index contributed by atoms with van der Waals surface area (Å²) in [5, 5.41) is 0. The van der Waals surface area contributed by atoms with Crippen molar-refractivity contribution in [1.82, 2.24) is 9.80 Å². The maximum Gasteiger partial charge on any atom is 0.325 e. The van der Waals surface area contributed by atoms with Crippen molar-refractivity contribution in [1.29, 1.82) is 0 Å². The molecule has 0 aliphatic carbocycles. The summed E-state index contributed by atoms with van der Waals surface area (Å²) in [6.07, 6.45) is 1.28. The first kappa shape index (κ1) is 20.1. The van der Waals surface area contributed by atoms with Gasteiger partial charge in [-0.1, -0.05) is 60.7 Å². The maximum absolute atomic E-state index is 12.6. The number of hydrogen-bond donors (Lipinski definition) is 0. The molecule has 0 spiro atoms. The second kappa shape index (κ2) is 10.0. The fourth-order valence-electron chi connectivity index (χ4n) is 3.65. The third-order valence-corrected chi connectivity index (χ3v) is 5.09. The molecule has 2 aromatic rings.